The third-order valence-electron chi connectivity index (χ3n) is 5.92. The van der Waals surface area contributed by atoms with Gasteiger partial charge in [-0.1, -0.05) is 6.07 Å². The molecule has 0 radical (unpaired) electrons. The summed E-state index contributed by atoms with van der Waals surface area (Å²) in [5, 5.41) is 1.70. The first-order chi connectivity index (χ1) is 14.9. The molecule has 1 aromatic heterocycles. The lowest BCUT2D eigenvalue weighted by atomic mass is 10.1. The van der Waals surface area contributed by atoms with Crippen molar-refractivity contribution in [1.29, 1.82) is 0 Å². The maximum Gasteiger partial charge on any atom is 0.265 e. The lowest BCUT2D eigenvalue weighted by molar-refractivity contribution is 0.0596. The fourth-order valence-corrected chi connectivity index (χ4v) is 7.82. The summed E-state index contributed by atoms with van der Waals surface area (Å²) < 4.78 is 33.8. The number of thiophene rings is 1. The number of hydrogen-bond acceptors (Lipinski definition) is 6. The molecule has 9 heteroatoms. The van der Waals surface area contributed by atoms with Gasteiger partial charge < -0.3 is 9.64 Å². The summed E-state index contributed by atoms with van der Waals surface area (Å²) in [6.07, 6.45) is 1.52. The van der Waals surface area contributed by atoms with Crippen LogP contribution in [0.2, 0.25) is 0 Å². The number of piperidine rings is 1. The van der Waals surface area contributed by atoms with Crippen LogP contribution in [-0.4, -0.2) is 67.3 Å². The van der Waals surface area contributed by atoms with Crippen molar-refractivity contribution >= 4 is 39.0 Å². The molecule has 0 unspecified atom stereocenters. The van der Waals surface area contributed by atoms with E-state index in [4.69, 9.17) is 4.74 Å². The number of ether oxygens (including phenoxy) is 1. The number of hydrogen-bond donors (Lipinski definition) is 0. The van der Waals surface area contributed by atoms with Gasteiger partial charge in [0.2, 0.25) is 10.0 Å². The van der Waals surface area contributed by atoms with Gasteiger partial charge in [0, 0.05) is 50.5 Å². The second-order valence-corrected chi connectivity index (χ2v) is 12.0. The Morgan fingerprint density at radius 2 is 1.74 bits per heavy atom. The molecule has 2 aliphatic rings. The number of aryl methyl sites for hydroxylation is 2. The number of amides is 1. The number of thioether (sulfide) groups is 1. The number of carbonyl (C=O) groups excluding carboxylic acids is 1. The van der Waals surface area contributed by atoms with Crippen molar-refractivity contribution in [2.75, 3.05) is 37.7 Å². The van der Waals surface area contributed by atoms with E-state index in [2.05, 4.69) is 26.0 Å². The average molecular weight is 481 g/mol. The summed E-state index contributed by atoms with van der Waals surface area (Å²) in [5.74, 6) is 2.25. The summed E-state index contributed by atoms with van der Waals surface area (Å²) in [4.78, 5) is 15.4. The minimum Gasteiger partial charge on any atom is -0.490 e. The second-order valence-electron chi connectivity index (χ2n) is 7.99. The normalized spacial score (nSPS) is 18.8. The van der Waals surface area contributed by atoms with Crippen LogP contribution in [0.5, 0.6) is 5.75 Å². The highest BCUT2D eigenvalue weighted by Crippen LogP contribution is 2.29. The molecule has 0 aliphatic carbocycles. The van der Waals surface area contributed by atoms with Crippen molar-refractivity contribution in [1.82, 2.24) is 9.21 Å². The van der Waals surface area contributed by atoms with E-state index in [1.54, 1.807) is 28.1 Å². The van der Waals surface area contributed by atoms with Gasteiger partial charge in [0.05, 0.1) is 0 Å². The van der Waals surface area contributed by atoms with Crippen LogP contribution in [0, 0.1) is 13.8 Å². The summed E-state index contributed by atoms with van der Waals surface area (Å²) in [6, 6.07) is 7.67. The Morgan fingerprint density at radius 1 is 1.03 bits per heavy atom. The summed E-state index contributed by atoms with van der Waals surface area (Å²) in [6.45, 7) is 6.26. The molecule has 2 fully saturated rings. The van der Waals surface area contributed by atoms with Gasteiger partial charge in [0.15, 0.2) is 0 Å². The van der Waals surface area contributed by atoms with Crippen LogP contribution < -0.4 is 4.74 Å². The Hall–Kier alpha value is -1.55. The maximum atomic E-state index is 13.2. The Balaban J connectivity index is 1.40. The van der Waals surface area contributed by atoms with Crippen molar-refractivity contribution in [3.05, 3.63) is 45.6 Å². The van der Waals surface area contributed by atoms with E-state index in [0.717, 1.165) is 30.1 Å². The smallest absolute Gasteiger partial charge is 0.265 e. The van der Waals surface area contributed by atoms with Gasteiger partial charge in [0.1, 0.15) is 21.6 Å². The summed E-state index contributed by atoms with van der Waals surface area (Å²) in [7, 11) is -3.63. The lowest BCUT2D eigenvalue weighted by Gasteiger charge is -2.32. The van der Waals surface area contributed by atoms with Crippen molar-refractivity contribution in [2.45, 2.75) is 37.7 Å². The molecule has 4 rings (SSSR count). The highest BCUT2D eigenvalue weighted by Gasteiger charge is 2.33. The molecule has 168 valence electrons. The molecule has 3 heterocycles. The van der Waals surface area contributed by atoms with Gasteiger partial charge in [-0.2, -0.15) is 16.1 Å². The minimum atomic E-state index is -3.63. The van der Waals surface area contributed by atoms with E-state index >= 15 is 0 Å². The highest BCUT2D eigenvalue weighted by atomic mass is 32.2. The fraction of sp³-hybridized carbons (Fsp3) is 0.500. The number of rotatable bonds is 5. The number of likely N-dealkylation sites (tertiary alicyclic amines) is 1. The van der Waals surface area contributed by atoms with Crippen LogP contribution in [0.25, 0.3) is 0 Å². The molecule has 0 saturated carbocycles. The molecular weight excluding hydrogens is 452 g/mol. The van der Waals surface area contributed by atoms with Crippen LogP contribution in [-0.2, 0) is 10.0 Å². The Labute approximate surface area is 192 Å². The van der Waals surface area contributed by atoms with E-state index in [1.807, 2.05) is 6.07 Å². The first-order valence-corrected chi connectivity index (χ1v) is 14.0. The van der Waals surface area contributed by atoms with Crippen LogP contribution in [0.15, 0.2) is 34.5 Å². The molecule has 1 aromatic carbocycles. The Morgan fingerprint density at radius 3 is 2.42 bits per heavy atom. The quantitative estimate of drug-likeness (QED) is 0.652. The molecule has 2 saturated heterocycles. The average Bonchev–Trinajstić information content (AvgIpc) is 3.28. The van der Waals surface area contributed by atoms with Gasteiger partial charge in [-0.3, -0.25) is 4.79 Å². The molecule has 0 spiro atoms. The molecular formula is C22H28N2O4S3. The van der Waals surface area contributed by atoms with Crippen LogP contribution in [0.3, 0.4) is 0 Å². The number of carbonyl (C=O) groups is 1. The zero-order chi connectivity index (χ0) is 22.0. The van der Waals surface area contributed by atoms with Gasteiger partial charge in [-0.05, 0) is 48.6 Å². The Bertz CT molecular complexity index is 1040. The molecule has 2 aromatic rings. The molecule has 31 heavy (non-hydrogen) atoms. The van der Waals surface area contributed by atoms with Crippen molar-refractivity contribution < 1.29 is 17.9 Å². The molecule has 0 bridgehead atoms. The van der Waals surface area contributed by atoms with E-state index in [0.29, 0.717) is 31.1 Å². The third-order valence-corrected chi connectivity index (χ3v) is 9.84. The van der Waals surface area contributed by atoms with Gasteiger partial charge in [0.25, 0.3) is 5.91 Å². The van der Waals surface area contributed by atoms with E-state index in [1.165, 1.54) is 26.8 Å². The molecule has 1 amide bonds. The largest absolute Gasteiger partial charge is 0.490 e. The predicted octanol–water partition coefficient (Wildman–Crippen LogP) is 3.79. The number of sulfonamides is 1. The molecule has 0 atom stereocenters. The number of nitrogens with zero attached hydrogens (tertiary/aromatic N) is 2. The summed E-state index contributed by atoms with van der Waals surface area (Å²) >= 11 is 2.97. The topological polar surface area (TPSA) is 66.9 Å². The first kappa shape index (κ1) is 22.6. The lowest BCUT2D eigenvalue weighted by Crippen LogP contribution is -2.42. The Kier molecular flexibility index (Phi) is 6.95. The monoisotopic (exact) mass is 480 g/mol. The standard InChI is InChI=1S/C22H28N2O4S3/c1-16-3-4-19(15-17(16)2)28-18-5-8-23(9-6-18)22(25)21-20(7-12-30-21)31(26,27)24-10-13-29-14-11-24/h3-4,7,12,15,18H,5-6,8-11,13-14H2,1-2H3. The van der Waals surface area contributed by atoms with Gasteiger partial charge >= 0.3 is 0 Å². The fourth-order valence-electron chi connectivity index (χ4n) is 3.88. The van der Waals surface area contributed by atoms with Gasteiger partial charge in [-0.15, -0.1) is 11.3 Å². The minimum absolute atomic E-state index is 0.0588. The second kappa shape index (κ2) is 9.52. The number of benzene rings is 1. The molecule has 0 N–H and O–H groups in total. The van der Waals surface area contributed by atoms with E-state index in [-0.39, 0.29) is 16.9 Å². The summed E-state index contributed by atoms with van der Waals surface area (Å²) in [5.41, 5.74) is 2.43. The van der Waals surface area contributed by atoms with Crippen LogP contribution in [0.4, 0.5) is 0 Å². The zero-order valence-corrected chi connectivity index (χ0v) is 20.3. The third kappa shape index (κ3) is 4.94. The van der Waals surface area contributed by atoms with E-state index in [9.17, 15) is 13.2 Å². The van der Waals surface area contributed by atoms with Crippen LogP contribution >= 0.6 is 23.1 Å². The van der Waals surface area contributed by atoms with E-state index < -0.39 is 10.0 Å². The molecule has 6 nitrogen and oxygen atoms in total. The van der Waals surface area contributed by atoms with Crippen molar-refractivity contribution in [3.63, 3.8) is 0 Å². The maximum absolute atomic E-state index is 13.2. The predicted molar refractivity (Wildman–Crippen MR) is 126 cm³/mol. The van der Waals surface area contributed by atoms with Crippen LogP contribution in [0.1, 0.15) is 33.6 Å². The zero-order valence-electron chi connectivity index (χ0n) is 17.9. The first-order valence-electron chi connectivity index (χ1n) is 10.5. The highest BCUT2D eigenvalue weighted by molar-refractivity contribution is 7.99. The SMILES string of the molecule is Cc1ccc(OC2CCN(C(=O)c3sccc3S(=O)(=O)N3CCSCC3)CC2)cc1C. The van der Waals surface area contributed by atoms with Crippen molar-refractivity contribution in [2.24, 2.45) is 0 Å². The molecule has 2 aliphatic heterocycles. The van der Waals surface area contributed by atoms with Gasteiger partial charge in [-0.25, -0.2) is 8.42 Å². The van der Waals surface area contributed by atoms with Crippen molar-refractivity contribution in [3.8, 4) is 5.75 Å².